The Balaban J connectivity index is 1.46. The van der Waals surface area contributed by atoms with Gasteiger partial charge in [-0.3, -0.25) is 24.1 Å². The summed E-state index contributed by atoms with van der Waals surface area (Å²) in [5, 5.41) is 2.67. The molecular weight excluding hydrogens is 721 g/mol. The van der Waals surface area contributed by atoms with Gasteiger partial charge < -0.3 is 33.7 Å². The number of carbonyl (C=O) groups is 6. The number of ketones is 1. The number of rotatable bonds is 13. The average Bonchev–Trinajstić information content (AvgIpc) is 3.46. The van der Waals surface area contributed by atoms with Crippen LogP contribution in [-0.2, 0) is 44.4 Å². The second-order valence-electron chi connectivity index (χ2n) is 18.4. The Labute approximate surface area is 331 Å². The normalized spacial score (nSPS) is 25.5. The van der Waals surface area contributed by atoms with Crippen molar-refractivity contribution in [3.63, 3.8) is 0 Å². The lowest BCUT2D eigenvalue weighted by molar-refractivity contribution is -0.199. The fourth-order valence-corrected chi connectivity index (χ4v) is 8.90. The number of amides is 4. The molecular formula is C41H60BN3O11. The molecule has 6 rings (SSSR count). The van der Waals surface area contributed by atoms with Gasteiger partial charge in [-0.1, -0.05) is 26.0 Å². The van der Waals surface area contributed by atoms with Gasteiger partial charge in [0.1, 0.15) is 22.5 Å². The summed E-state index contributed by atoms with van der Waals surface area (Å²) in [6.45, 7) is 19.3. The van der Waals surface area contributed by atoms with Gasteiger partial charge in [-0.2, -0.15) is 0 Å². The van der Waals surface area contributed by atoms with E-state index in [2.05, 4.69) is 26.1 Å². The first-order valence-electron chi connectivity index (χ1n) is 19.9. The number of urea groups is 1. The first-order chi connectivity index (χ1) is 26.0. The summed E-state index contributed by atoms with van der Waals surface area (Å²) in [5.74, 6) is -2.95. The molecule has 0 radical (unpaired) electrons. The predicted molar refractivity (Wildman–Crippen MR) is 207 cm³/mol. The smallest absolute Gasteiger partial charge is 0.461 e. The molecule has 1 aromatic carbocycles. The topological polar surface area (TPSA) is 167 Å². The second-order valence-corrected chi connectivity index (χ2v) is 18.4. The Hall–Kier alpha value is -3.98. The largest absolute Gasteiger partial charge is 0.496 e. The van der Waals surface area contributed by atoms with Crippen molar-refractivity contribution < 1.29 is 52.3 Å². The van der Waals surface area contributed by atoms with Crippen molar-refractivity contribution in [3.8, 4) is 5.75 Å². The number of piperazine rings is 1. The average molecular weight is 782 g/mol. The van der Waals surface area contributed by atoms with Gasteiger partial charge in [0.05, 0.1) is 24.9 Å². The van der Waals surface area contributed by atoms with Gasteiger partial charge in [-0.05, 0) is 110 Å². The molecule has 15 heteroatoms. The number of imide groups is 1. The third-order valence-corrected chi connectivity index (χ3v) is 11.9. The molecule has 2 saturated heterocycles. The Morgan fingerprint density at radius 1 is 0.982 bits per heavy atom. The third-order valence-electron chi connectivity index (χ3n) is 11.9. The SMILES string of the molecule is CCN1CCN(C(=O)N[C@H](CCC(=O)OC(C)(C)C)C(=O)C[C@@H](Cc2cccc(C(=O)OC(C)(C)C)c2OC)B2O[C@@H]3C[C@@H]4C[C@@H](C4(C)C)[C@]3(C)O2)C(=O)C1=O. The first-order valence-corrected chi connectivity index (χ1v) is 19.9. The second kappa shape index (κ2) is 16.1. The molecule has 1 aromatic rings. The van der Waals surface area contributed by atoms with E-state index in [1.54, 1.807) is 60.6 Å². The molecule has 1 N–H and O–H groups in total. The van der Waals surface area contributed by atoms with Crippen LogP contribution in [0.2, 0.25) is 5.82 Å². The monoisotopic (exact) mass is 781 g/mol. The van der Waals surface area contributed by atoms with Gasteiger partial charge in [-0.15, -0.1) is 0 Å². The molecule has 2 bridgehead atoms. The van der Waals surface area contributed by atoms with E-state index in [1.165, 1.54) is 12.0 Å². The molecule has 0 spiro atoms. The van der Waals surface area contributed by atoms with Gasteiger partial charge in [0, 0.05) is 38.3 Å². The number of carbonyl (C=O) groups excluding carboxylic acids is 6. The molecule has 2 heterocycles. The van der Waals surface area contributed by atoms with E-state index in [1.807, 2.05) is 6.07 Å². The zero-order valence-electron chi connectivity index (χ0n) is 34.9. The predicted octanol–water partition coefficient (Wildman–Crippen LogP) is 5.14. The molecule has 56 heavy (non-hydrogen) atoms. The fraction of sp³-hybridized carbons (Fsp3) is 0.707. The molecule has 5 fully saturated rings. The quantitative estimate of drug-likeness (QED) is 0.160. The number of nitrogens with zero attached hydrogens (tertiary/aromatic N) is 2. The first kappa shape index (κ1) is 43.2. The summed E-state index contributed by atoms with van der Waals surface area (Å²) >= 11 is 0. The summed E-state index contributed by atoms with van der Waals surface area (Å²) in [7, 11) is 0.636. The number of hydrogen-bond donors (Lipinski definition) is 1. The molecule has 4 amide bonds. The van der Waals surface area contributed by atoms with Crippen molar-refractivity contribution in [2.45, 2.75) is 143 Å². The number of methoxy groups -OCH3 is 1. The molecule has 0 unspecified atom stereocenters. The standard InChI is InChI=1S/C41H60BN3O11/c1-12-44-18-19-45(35(49)34(44)48)37(51)43-28(16-17-32(47)53-38(2,3)4)29(46)23-26(42-55-31-22-25-21-30(40(25,8)9)41(31,10)56-42)20-24-14-13-15-27(33(24)52-11)36(50)54-39(5,6)7/h13-15,25-26,28,30-31H,12,16-23H2,1-11H3,(H,43,51)/t25-,26+,28+,30-,31+,41-/m0/s1. The van der Waals surface area contributed by atoms with Crippen molar-refractivity contribution >= 4 is 42.7 Å². The van der Waals surface area contributed by atoms with Crippen LogP contribution in [0.25, 0.3) is 0 Å². The minimum absolute atomic E-state index is 0.0458. The van der Waals surface area contributed by atoms with Crippen LogP contribution >= 0.6 is 0 Å². The van der Waals surface area contributed by atoms with E-state index in [0.29, 0.717) is 23.8 Å². The molecule has 3 aliphatic carbocycles. The van der Waals surface area contributed by atoms with Crippen LogP contribution in [-0.4, -0.2) is 108 Å². The Kier molecular flexibility index (Phi) is 12.4. The maximum atomic E-state index is 14.6. The van der Waals surface area contributed by atoms with E-state index in [4.69, 9.17) is 23.5 Å². The zero-order valence-corrected chi connectivity index (χ0v) is 34.9. The van der Waals surface area contributed by atoms with Crippen LogP contribution in [0.5, 0.6) is 5.75 Å². The zero-order chi connectivity index (χ0) is 41.5. The highest BCUT2D eigenvalue weighted by Crippen LogP contribution is 2.66. The van der Waals surface area contributed by atoms with Gasteiger partial charge in [-0.25, -0.2) is 9.59 Å². The van der Waals surface area contributed by atoms with E-state index >= 15 is 0 Å². The van der Waals surface area contributed by atoms with Crippen LogP contribution in [0, 0.1) is 17.3 Å². The van der Waals surface area contributed by atoms with Crippen LogP contribution in [0.1, 0.15) is 117 Å². The van der Waals surface area contributed by atoms with Crippen molar-refractivity contribution in [3.05, 3.63) is 29.3 Å². The molecule has 0 aromatic heterocycles. The molecule has 6 atom stereocenters. The van der Waals surface area contributed by atoms with Crippen LogP contribution in [0.15, 0.2) is 18.2 Å². The van der Waals surface area contributed by atoms with Crippen molar-refractivity contribution in [2.24, 2.45) is 17.3 Å². The van der Waals surface area contributed by atoms with E-state index in [0.717, 1.165) is 17.7 Å². The lowest BCUT2D eigenvalue weighted by Gasteiger charge is -2.64. The summed E-state index contributed by atoms with van der Waals surface area (Å²) < 4.78 is 30.6. The molecule has 5 aliphatic rings. The summed E-state index contributed by atoms with van der Waals surface area (Å²) in [6, 6.07) is 3.03. The number of para-hydroxylation sites is 1. The highest BCUT2D eigenvalue weighted by molar-refractivity contribution is 6.48. The fourth-order valence-electron chi connectivity index (χ4n) is 8.90. The minimum atomic E-state index is -1.23. The number of esters is 2. The number of ether oxygens (including phenoxy) is 3. The van der Waals surface area contributed by atoms with Gasteiger partial charge in [0.25, 0.3) is 0 Å². The Bertz CT molecular complexity index is 1720. The van der Waals surface area contributed by atoms with E-state index < -0.39 is 71.3 Å². The van der Waals surface area contributed by atoms with Crippen molar-refractivity contribution in [1.82, 2.24) is 15.1 Å². The maximum absolute atomic E-state index is 14.6. The van der Waals surface area contributed by atoms with Gasteiger partial charge in [0.15, 0.2) is 5.78 Å². The summed E-state index contributed by atoms with van der Waals surface area (Å²) in [5.41, 5.74) is -1.20. The van der Waals surface area contributed by atoms with Gasteiger partial charge >= 0.3 is 36.9 Å². The minimum Gasteiger partial charge on any atom is -0.496 e. The Morgan fingerprint density at radius 3 is 2.27 bits per heavy atom. The maximum Gasteiger partial charge on any atom is 0.461 e. The number of benzene rings is 1. The lowest BCUT2D eigenvalue weighted by atomic mass is 9.43. The number of hydrogen-bond acceptors (Lipinski definition) is 11. The van der Waals surface area contributed by atoms with E-state index in [9.17, 15) is 28.8 Å². The molecule has 2 aliphatic heterocycles. The van der Waals surface area contributed by atoms with E-state index in [-0.39, 0.29) is 61.8 Å². The van der Waals surface area contributed by atoms with Crippen molar-refractivity contribution in [1.29, 1.82) is 0 Å². The summed E-state index contributed by atoms with van der Waals surface area (Å²) in [4.78, 5) is 82.1. The highest BCUT2D eigenvalue weighted by atomic mass is 16.7. The van der Waals surface area contributed by atoms with Crippen LogP contribution in [0.3, 0.4) is 0 Å². The lowest BCUT2D eigenvalue weighted by Crippen LogP contribution is -2.65. The highest BCUT2D eigenvalue weighted by Gasteiger charge is 2.68. The van der Waals surface area contributed by atoms with Crippen LogP contribution < -0.4 is 10.1 Å². The van der Waals surface area contributed by atoms with Gasteiger partial charge in [0.2, 0.25) is 0 Å². The molecule has 3 saturated carbocycles. The van der Waals surface area contributed by atoms with Crippen LogP contribution in [0.4, 0.5) is 4.79 Å². The molecule has 308 valence electrons. The Morgan fingerprint density at radius 2 is 1.66 bits per heavy atom. The third kappa shape index (κ3) is 9.09. The number of Topliss-reactive ketones (excluding diaryl/α,β-unsaturated/α-hetero) is 1. The molecule has 14 nitrogen and oxygen atoms in total. The number of likely N-dealkylation sites (N-methyl/N-ethyl adjacent to an activating group) is 1. The number of nitrogens with one attached hydrogen (secondary N) is 1. The van der Waals surface area contributed by atoms with Crippen molar-refractivity contribution in [2.75, 3.05) is 26.7 Å². The summed E-state index contributed by atoms with van der Waals surface area (Å²) in [6.07, 6.45) is 1.36.